The predicted octanol–water partition coefficient (Wildman–Crippen LogP) is 3.26. The van der Waals surface area contributed by atoms with Gasteiger partial charge in [-0.2, -0.15) is 0 Å². The third-order valence-corrected chi connectivity index (χ3v) is 5.31. The molecule has 1 saturated heterocycles. The summed E-state index contributed by atoms with van der Waals surface area (Å²) in [5.74, 6) is 0.972. The number of ether oxygens (including phenoxy) is 2. The molecular weight excluding hydrogens is 361 g/mol. The lowest BCUT2D eigenvalue weighted by Gasteiger charge is -2.31. The normalized spacial score (nSPS) is 16.7. The number of carbonyl (C=O) groups is 2. The molecule has 0 atom stereocenters. The molecule has 0 unspecified atom stereocenters. The highest BCUT2D eigenvalue weighted by Gasteiger charge is 2.28. The largest absolute Gasteiger partial charge is 0.486 e. The molecule has 0 bridgehead atoms. The molecule has 0 aromatic heterocycles. The Morgan fingerprint density at radius 1 is 0.964 bits per heavy atom. The highest BCUT2D eigenvalue weighted by molar-refractivity contribution is 5.98. The lowest BCUT2D eigenvalue weighted by Crippen LogP contribution is -2.41. The molecule has 1 amide bonds. The highest BCUT2D eigenvalue weighted by atomic mass is 19.1. The Morgan fingerprint density at radius 2 is 1.64 bits per heavy atom. The molecule has 2 aliphatic heterocycles. The van der Waals surface area contributed by atoms with Crippen molar-refractivity contribution in [3.63, 3.8) is 0 Å². The van der Waals surface area contributed by atoms with Crippen LogP contribution in [0, 0.1) is 11.7 Å². The van der Waals surface area contributed by atoms with Gasteiger partial charge < -0.3 is 14.4 Å². The zero-order valence-corrected chi connectivity index (χ0v) is 15.5. The van der Waals surface area contributed by atoms with E-state index in [1.807, 2.05) is 0 Å². The van der Waals surface area contributed by atoms with Gasteiger partial charge in [0.25, 0.3) is 0 Å². The second kappa shape index (κ2) is 8.00. The Hall–Kier alpha value is -2.89. The number of carbonyl (C=O) groups excluding carboxylic acids is 2. The van der Waals surface area contributed by atoms with E-state index >= 15 is 0 Å². The van der Waals surface area contributed by atoms with Crippen molar-refractivity contribution >= 4 is 11.7 Å². The van der Waals surface area contributed by atoms with Crippen molar-refractivity contribution in [2.24, 2.45) is 5.92 Å². The lowest BCUT2D eigenvalue weighted by molar-refractivity contribution is -0.131. The minimum absolute atomic E-state index is 0.0110. The summed E-state index contributed by atoms with van der Waals surface area (Å²) in [6.07, 6.45) is 1.53. The van der Waals surface area contributed by atoms with Crippen LogP contribution in [-0.2, 0) is 11.2 Å². The zero-order valence-electron chi connectivity index (χ0n) is 15.5. The first-order chi connectivity index (χ1) is 13.6. The van der Waals surface area contributed by atoms with E-state index < -0.39 is 0 Å². The molecule has 0 saturated carbocycles. The Morgan fingerprint density at radius 3 is 2.36 bits per heavy atom. The van der Waals surface area contributed by atoms with Crippen molar-refractivity contribution in [1.29, 1.82) is 0 Å². The smallest absolute Gasteiger partial charge is 0.226 e. The molecule has 2 heterocycles. The van der Waals surface area contributed by atoms with Gasteiger partial charge in [-0.15, -0.1) is 0 Å². The van der Waals surface area contributed by atoms with Crippen LogP contribution in [-0.4, -0.2) is 42.9 Å². The molecule has 146 valence electrons. The Labute approximate surface area is 163 Å². The zero-order chi connectivity index (χ0) is 19.5. The maximum absolute atomic E-state index is 13.0. The van der Waals surface area contributed by atoms with Crippen LogP contribution in [0.15, 0.2) is 42.5 Å². The van der Waals surface area contributed by atoms with Crippen molar-refractivity contribution in [2.75, 3.05) is 26.3 Å². The van der Waals surface area contributed by atoms with Crippen LogP contribution in [0.1, 0.15) is 28.8 Å². The molecule has 0 radical (unpaired) electrons. The van der Waals surface area contributed by atoms with Crippen LogP contribution in [0.25, 0.3) is 0 Å². The second-order valence-electron chi connectivity index (χ2n) is 7.18. The third kappa shape index (κ3) is 4.01. The van der Waals surface area contributed by atoms with E-state index in [1.165, 1.54) is 12.1 Å². The molecule has 1 fully saturated rings. The minimum Gasteiger partial charge on any atom is -0.486 e. The number of benzene rings is 2. The van der Waals surface area contributed by atoms with Crippen molar-refractivity contribution in [1.82, 2.24) is 4.90 Å². The first kappa shape index (κ1) is 18.5. The number of piperidine rings is 1. The topological polar surface area (TPSA) is 55.8 Å². The molecule has 5 nitrogen and oxygen atoms in total. The van der Waals surface area contributed by atoms with Gasteiger partial charge in [0.2, 0.25) is 5.91 Å². The fourth-order valence-corrected chi connectivity index (χ4v) is 3.71. The van der Waals surface area contributed by atoms with Crippen molar-refractivity contribution < 1.29 is 23.5 Å². The van der Waals surface area contributed by atoms with E-state index in [1.54, 1.807) is 35.2 Å². The number of likely N-dealkylation sites (tertiary alicyclic amines) is 1. The van der Waals surface area contributed by atoms with Crippen molar-refractivity contribution in [3.05, 3.63) is 59.4 Å². The summed E-state index contributed by atoms with van der Waals surface area (Å²) in [6.45, 7) is 2.12. The summed E-state index contributed by atoms with van der Waals surface area (Å²) in [5.41, 5.74) is 1.42. The average Bonchev–Trinajstić information content (AvgIpc) is 2.74. The standard InChI is InChI=1S/C22H22FNO4/c23-18-4-1-15(2-5-18)13-21(25)24-9-7-16(8-10-24)22(26)17-3-6-19-20(14-17)28-12-11-27-19/h1-6,14,16H,7-13H2. The van der Waals surface area contributed by atoms with Gasteiger partial charge in [-0.1, -0.05) is 12.1 Å². The lowest BCUT2D eigenvalue weighted by atomic mass is 9.88. The maximum atomic E-state index is 13.0. The predicted molar refractivity (Wildman–Crippen MR) is 101 cm³/mol. The number of amides is 1. The van der Waals surface area contributed by atoms with Crippen LogP contribution in [0.3, 0.4) is 0 Å². The van der Waals surface area contributed by atoms with E-state index in [9.17, 15) is 14.0 Å². The van der Waals surface area contributed by atoms with Gasteiger partial charge in [-0.25, -0.2) is 4.39 Å². The monoisotopic (exact) mass is 383 g/mol. The SMILES string of the molecule is O=C(c1ccc2c(c1)OCCO2)C1CCN(C(=O)Cc2ccc(F)cc2)CC1. The summed E-state index contributed by atoms with van der Waals surface area (Å²) >= 11 is 0. The summed E-state index contributed by atoms with van der Waals surface area (Å²) in [6, 6.07) is 11.3. The fraction of sp³-hybridized carbons (Fsp3) is 0.364. The minimum atomic E-state index is -0.310. The number of ketones is 1. The summed E-state index contributed by atoms with van der Waals surface area (Å²) in [5, 5.41) is 0. The number of hydrogen-bond donors (Lipinski definition) is 0. The van der Waals surface area contributed by atoms with Gasteiger partial charge >= 0.3 is 0 Å². The van der Waals surface area contributed by atoms with E-state index in [2.05, 4.69) is 0 Å². The molecule has 0 N–H and O–H groups in total. The first-order valence-corrected chi connectivity index (χ1v) is 9.56. The second-order valence-corrected chi connectivity index (χ2v) is 7.18. The van der Waals surface area contributed by atoms with Gasteiger partial charge in [-0.05, 0) is 48.7 Å². The molecule has 0 spiro atoms. The van der Waals surface area contributed by atoms with E-state index in [-0.39, 0.29) is 29.8 Å². The molecular formula is C22H22FNO4. The van der Waals surface area contributed by atoms with Crippen molar-refractivity contribution in [2.45, 2.75) is 19.3 Å². The van der Waals surface area contributed by atoms with Gasteiger partial charge in [0, 0.05) is 24.6 Å². The average molecular weight is 383 g/mol. The van der Waals surface area contributed by atoms with Crippen LogP contribution in [0.4, 0.5) is 4.39 Å². The number of halogens is 1. The molecule has 6 heteroatoms. The molecule has 2 aromatic carbocycles. The molecule has 4 rings (SSSR count). The fourth-order valence-electron chi connectivity index (χ4n) is 3.71. The first-order valence-electron chi connectivity index (χ1n) is 9.56. The molecule has 2 aliphatic rings. The summed E-state index contributed by atoms with van der Waals surface area (Å²) < 4.78 is 24.0. The molecule has 28 heavy (non-hydrogen) atoms. The van der Waals surface area contributed by atoms with Crippen LogP contribution < -0.4 is 9.47 Å². The number of rotatable bonds is 4. The van der Waals surface area contributed by atoms with Gasteiger partial charge in [0.05, 0.1) is 6.42 Å². The van der Waals surface area contributed by atoms with E-state index in [0.29, 0.717) is 56.2 Å². The third-order valence-electron chi connectivity index (χ3n) is 5.31. The number of nitrogens with zero attached hydrogens (tertiary/aromatic N) is 1. The summed E-state index contributed by atoms with van der Waals surface area (Å²) in [7, 11) is 0. The Bertz CT molecular complexity index is 873. The Balaban J connectivity index is 1.34. The van der Waals surface area contributed by atoms with Crippen LogP contribution in [0.2, 0.25) is 0 Å². The van der Waals surface area contributed by atoms with Crippen LogP contribution in [0.5, 0.6) is 11.5 Å². The van der Waals surface area contributed by atoms with Gasteiger partial charge in [-0.3, -0.25) is 9.59 Å². The Kier molecular flexibility index (Phi) is 5.28. The maximum Gasteiger partial charge on any atom is 0.226 e. The number of Topliss-reactive ketones (excluding diaryl/α,β-unsaturated/α-hetero) is 1. The van der Waals surface area contributed by atoms with Gasteiger partial charge in [0.15, 0.2) is 17.3 Å². The molecule has 0 aliphatic carbocycles. The number of hydrogen-bond acceptors (Lipinski definition) is 4. The van der Waals surface area contributed by atoms with E-state index in [4.69, 9.17) is 9.47 Å². The highest BCUT2D eigenvalue weighted by Crippen LogP contribution is 2.32. The van der Waals surface area contributed by atoms with Crippen LogP contribution >= 0.6 is 0 Å². The molecule has 2 aromatic rings. The number of fused-ring (bicyclic) bond motifs is 1. The van der Waals surface area contributed by atoms with E-state index in [0.717, 1.165) is 5.56 Å². The quantitative estimate of drug-likeness (QED) is 0.761. The summed E-state index contributed by atoms with van der Waals surface area (Å²) in [4.78, 5) is 27.1. The van der Waals surface area contributed by atoms with Gasteiger partial charge in [0.1, 0.15) is 19.0 Å². The van der Waals surface area contributed by atoms with Crippen molar-refractivity contribution in [3.8, 4) is 11.5 Å².